The van der Waals surface area contributed by atoms with Crippen molar-refractivity contribution in [1.29, 1.82) is 0 Å². The zero-order chi connectivity index (χ0) is 13.0. The number of hydrogen-bond donors (Lipinski definition) is 2. The number of Topliss-reactive ketones (excluding diaryl/α,β-unsaturated/α-hetero) is 1. The first-order valence-corrected chi connectivity index (χ1v) is 7.36. The second kappa shape index (κ2) is 6.12. The molecular weight excluding hydrogens is 252 g/mol. The van der Waals surface area contributed by atoms with Crippen LogP contribution >= 0.6 is 23.1 Å². The topological polar surface area (TPSA) is 55.1 Å². The van der Waals surface area contributed by atoms with E-state index in [9.17, 15) is 4.79 Å². The molecule has 0 bridgehead atoms. The molecule has 0 fully saturated rings. The van der Waals surface area contributed by atoms with Gasteiger partial charge >= 0.3 is 0 Å². The molecule has 1 heterocycles. The van der Waals surface area contributed by atoms with Crippen LogP contribution in [0.3, 0.4) is 0 Å². The fourth-order valence-corrected chi connectivity index (χ4v) is 3.29. The maximum atomic E-state index is 11.4. The Kier molecular flexibility index (Phi) is 5.08. The Balaban J connectivity index is 2.95. The van der Waals surface area contributed by atoms with E-state index in [0.29, 0.717) is 10.6 Å². The number of thiophene rings is 1. The Hall–Kier alpha value is -0.940. The van der Waals surface area contributed by atoms with Gasteiger partial charge in [0.1, 0.15) is 5.00 Å². The predicted molar refractivity (Wildman–Crippen MR) is 78.4 cm³/mol. The van der Waals surface area contributed by atoms with E-state index in [2.05, 4.69) is 25.2 Å². The number of thioether (sulfide) groups is 1. The molecule has 1 rings (SSSR count). The molecule has 5 heteroatoms. The van der Waals surface area contributed by atoms with Gasteiger partial charge in [-0.2, -0.15) is 0 Å². The highest BCUT2D eigenvalue weighted by Crippen LogP contribution is 2.41. The van der Waals surface area contributed by atoms with Crippen molar-refractivity contribution in [3.63, 3.8) is 0 Å². The van der Waals surface area contributed by atoms with Crippen LogP contribution in [0.2, 0.25) is 0 Å². The van der Waals surface area contributed by atoms with Crippen molar-refractivity contribution >= 4 is 39.6 Å². The summed E-state index contributed by atoms with van der Waals surface area (Å²) in [6, 6.07) is 0. The van der Waals surface area contributed by atoms with Gasteiger partial charge in [-0.05, 0) is 20.1 Å². The zero-order valence-electron chi connectivity index (χ0n) is 10.6. The molecule has 0 aliphatic heterocycles. The molecule has 0 saturated carbocycles. The molecule has 0 unspecified atom stereocenters. The van der Waals surface area contributed by atoms with Crippen LogP contribution in [-0.2, 0) is 0 Å². The molecule has 0 atom stereocenters. The minimum absolute atomic E-state index is 0.0260. The molecule has 0 saturated heterocycles. The van der Waals surface area contributed by atoms with Gasteiger partial charge in [0.15, 0.2) is 5.78 Å². The Bertz CT molecular complexity index is 446. The highest BCUT2D eigenvalue weighted by atomic mass is 32.2. The Labute approximate surface area is 110 Å². The van der Waals surface area contributed by atoms with Crippen molar-refractivity contribution in [2.24, 2.45) is 0 Å². The molecule has 0 aliphatic carbocycles. The largest absolute Gasteiger partial charge is 0.396 e. The maximum Gasteiger partial charge on any atom is 0.171 e. The van der Waals surface area contributed by atoms with Crippen LogP contribution in [0.4, 0.5) is 10.7 Å². The van der Waals surface area contributed by atoms with Crippen LogP contribution in [0, 0.1) is 0 Å². The molecule has 0 aliphatic rings. The molecule has 0 radical (unpaired) electrons. The SMILES string of the molecule is CSc1c(NCC=C(C)C)sc(C(C)=O)c1N. The van der Waals surface area contributed by atoms with E-state index < -0.39 is 0 Å². The van der Waals surface area contributed by atoms with Crippen molar-refractivity contribution in [3.8, 4) is 0 Å². The summed E-state index contributed by atoms with van der Waals surface area (Å²) in [7, 11) is 0. The minimum Gasteiger partial charge on any atom is -0.396 e. The lowest BCUT2D eigenvalue weighted by molar-refractivity contribution is 0.102. The number of allylic oxidation sites excluding steroid dienone is 1. The van der Waals surface area contributed by atoms with Crippen LogP contribution in [0.25, 0.3) is 0 Å². The average molecular weight is 270 g/mol. The Morgan fingerprint density at radius 3 is 2.59 bits per heavy atom. The fraction of sp³-hybridized carbons (Fsp3) is 0.417. The molecule has 0 spiro atoms. The standard InChI is InChI=1S/C12H18N2OS2/c1-7(2)5-6-14-12-11(16-4)9(13)10(17-12)8(3)15/h5,14H,6,13H2,1-4H3. The lowest BCUT2D eigenvalue weighted by Gasteiger charge is -2.03. The Morgan fingerprint density at radius 1 is 1.47 bits per heavy atom. The summed E-state index contributed by atoms with van der Waals surface area (Å²) in [5, 5.41) is 4.28. The minimum atomic E-state index is 0.0260. The summed E-state index contributed by atoms with van der Waals surface area (Å²) in [4.78, 5) is 13.0. The number of carbonyl (C=O) groups excluding carboxylic acids is 1. The fourth-order valence-electron chi connectivity index (χ4n) is 1.36. The molecule has 0 aromatic carbocycles. The monoisotopic (exact) mass is 270 g/mol. The molecular formula is C12H18N2OS2. The predicted octanol–water partition coefficient (Wildman–Crippen LogP) is 3.63. The van der Waals surface area contributed by atoms with Gasteiger partial charge in [0, 0.05) is 13.5 Å². The number of hydrogen-bond acceptors (Lipinski definition) is 5. The van der Waals surface area contributed by atoms with Gasteiger partial charge < -0.3 is 11.1 Å². The summed E-state index contributed by atoms with van der Waals surface area (Å²) in [5.74, 6) is 0.0260. The summed E-state index contributed by atoms with van der Waals surface area (Å²) in [5.41, 5.74) is 7.83. The van der Waals surface area contributed by atoms with Crippen LogP contribution < -0.4 is 11.1 Å². The second-order valence-electron chi connectivity index (χ2n) is 3.93. The molecule has 94 valence electrons. The van der Waals surface area contributed by atoms with Crippen LogP contribution in [0.5, 0.6) is 0 Å². The summed E-state index contributed by atoms with van der Waals surface area (Å²) in [6.07, 6.45) is 4.07. The van der Waals surface area contributed by atoms with E-state index in [1.54, 1.807) is 18.7 Å². The molecule has 3 N–H and O–H groups in total. The first kappa shape index (κ1) is 14.1. The van der Waals surface area contributed by atoms with Crippen molar-refractivity contribution in [3.05, 3.63) is 16.5 Å². The number of carbonyl (C=O) groups is 1. The van der Waals surface area contributed by atoms with Crippen LogP contribution in [0.15, 0.2) is 16.5 Å². The van der Waals surface area contributed by atoms with E-state index in [4.69, 9.17) is 5.73 Å². The third-order valence-corrected chi connectivity index (χ3v) is 4.42. The zero-order valence-corrected chi connectivity index (χ0v) is 12.2. The number of nitrogens with one attached hydrogen (secondary N) is 1. The van der Waals surface area contributed by atoms with E-state index in [1.165, 1.54) is 16.9 Å². The number of rotatable bonds is 5. The van der Waals surface area contributed by atoms with Gasteiger partial charge in [0.05, 0.1) is 15.5 Å². The van der Waals surface area contributed by atoms with Gasteiger partial charge in [-0.25, -0.2) is 0 Å². The third kappa shape index (κ3) is 3.51. The number of nitrogens with two attached hydrogens (primary N) is 1. The third-order valence-electron chi connectivity index (χ3n) is 2.20. The van der Waals surface area contributed by atoms with Crippen molar-refractivity contribution in [1.82, 2.24) is 0 Å². The van der Waals surface area contributed by atoms with Gasteiger partial charge in [0.2, 0.25) is 0 Å². The highest BCUT2D eigenvalue weighted by molar-refractivity contribution is 7.99. The van der Waals surface area contributed by atoms with E-state index in [-0.39, 0.29) is 5.78 Å². The summed E-state index contributed by atoms with van der Waals surface area (Å²) >= 11 is 3.00. The number of ketones is 1. The van der Waals surface area contributed by atoms with E-state index >= 15 is 0 Å². The Morgan fingerprint density at radius 2 is 2.12 bits per heavy atom. The van der Waals surface area contributed by atoms with Crippen LogP contribution in [-0.4, -0.2) is 18.6 Å². The second-order valence-corrected chi connectivity index (χ2v) is 5.76. The lowest BCUT2D eigenvalue weighted by atomic mass is 10.3. The average Bonchev–Trinajstić information content (AvgIpc) is 2.54. The van der Waals surface area contributed by atoms with Gasteiger partial charge in [-0.15, -0.1) is 23.1 Å². The van der Waals surface area contributed by atoms with E-state index in [0.717, 1.165) is 16.4 Å². The maximum absolute atomic E-state index is 11.4. The molecule has 0 amide bonds. The normalized spacial score (nSPS) is 10.1. The molecule has 1 aromatic rings. The van der Waals surface area contributed by atoms with Gasteiger partial charge in [0.25, 0.3) is 0 Å². The van der Waals surface area contributed by atoms with Crippen LogP contribution in [0.1, 0.15) is 30.4 Å². The highest BCUT2D eigenvalue weighted by Gasteiger charge is 2.17. The first-order chi connectivity index (χ1) is 7.97. The summed E-state index contributed by atoms with van der Waals surface area (Å²) in [6.45, 7) is 6.42. The first-order valence-electron chi connectivity index (χ1n) is 5.31. The van der Waals surface area contributed by atoms with Crippen molar-refractivity contribution in [2.45, 2.75) is 25.7 Å². The molecule has 3 nitrogen and oxygen atoms in total. The molecule has 1 aromatic heterocycles. The molecule has 17 heavy (non-hydrogen) atoms. The summed E-state index contributed by atoms with van der Waals surface area (Å²) < 4.78 is 0. The van der Waals surface area contributed by atoms with E-state index in [1.807, 2.05) is 6.26 Å². The lowest BCUT2D eigenvalue weighted by Crippen LogP contribution is -1.98. The van der Waals surface area contributed by atoms with Crippen molar-refractivity contribution in [2.75, 3.05) is 23.9 Å². The van der Waals surface area contributed by atoms with Gasteiger partial charge in [-0.3, -0.25) is 4.79 Å². The smallest absolute Gasteiger partial charge is 0.171 e. The van der Waals surface area contributed by atoms with Gasteiger partial charge in [-0.1, -0.05) is 11.6 Å². The van der Waals surface area contributed by atoms with Crippen molar-refractivity contribution < 1.29 is 4.79 Å². The number of anilines is 2. The quantitative estimate of drug-likeness (QED) is 0.487. The number of nitrogen functional groups attached to an aromatic ring is 1.